The van der Waals surface area contributed by atoms with Crippen molar-refractivity contribution in [2.45, 2.75) is 44.4 Å². The minimum atomic E-state index is -0.0798. The number of nitrogens with zero attached hydrogens (tertiary/aromatic N) is 1. The van der Waals surface area contributed by atoms with Crippen molar-refractivity contribution in [3.05, 3.63) is 28.8 Å². The Labute approximate surface area is 125 Å². The second-order valence-corrected chi connectivity index (χ2v) is 6.74. The van der Waals surface area contributed by atoms with Crippen LogP contribution in [0.2, 0.25) is 5.02 Å². The standard InChI is InChI=1S/C16H23ClN2O/c1-19(10-11-6-15(20)7-11)16-8-13(17)3-2-12(16)9-18-14-4-5-14/h2-3,8,11,14-15,18,20H,4-7,9-10H2,1H3. The van der Waals surface area contributed by atoms with Gasteiger partial charge >= 0.3 is 0 Å². The molecule has 3 nitrogen and oxygen atoms in total. The molecule has 2 saturated carbocycles. The molecule has 0 aromatic heterocycles. The lowest BCUT2D eigenvalue weighted by atomic mass is 9.82. The van der Waals surface area contributed by atoms with Crippen LogP contribution in [0.1, 0.15) is 31.2 Å². The van der Waals surface area contributed by atoms with Gasteiger partial charge in [0.25, 0.3) is 0 Å². The lowest BCUT2D eigenvalue weighted by molar-refractivity contribution is 0.0464. The molecule has 0 radical (unpaired) electrons. The third kappa shape index (κ3) is 3.46. The molecule has 0 spiro atoms. The summed E-state index contributed by atoms with van der Waals surface area (Å²) in [5.74, 6) is 0.609. The molecule has 0 bridgehead atoms. The normalized spacial score (nSPS) is 25.4. The Bertz CT molecular complexity index is 470. The van der Waals surface area contributed by atoms with Crippen LogP contribution < -0.4 is 10.2 Å². The number of hydrogen-bond donors (Lipinski definition) is 2. The van der Waals surface area contributed by atoms with E-state index in [1.165, 1.54) is 24.1 Å². The average Bonchev–Trinajstić information content (AvgIpc) is 3.19. The van der Waals surface area contributed by atoms with Gasteiger partial charge < -0.3 is 15.3 Å². The molecule has 0 saturated heterocycles. The fourth-order valence-electron chi connectivity index (χ4n) is 2.92. The minimum Gasteiger partial charge on any atom is -0.393 e. The van der Waals surface area contributed by atoms with E-state index in [0.29, 0.717) is 12.0 Å². The molecule has 1 aromatic carbocycles. The molecule has 1 aromatic rings. The quantitative estimate of drug-likeness (QED) is 0.847. The summed E-state index contributed by atoms with van der Waals surface area (Å²) in [5.41, 5.74) is 2.52. The molecule has 2 N–H and O–H groups in total. The summed E-state index contributed by atoms with van der Waals surface area (Å²) in [7, 11) is 2.12. The van der Waals surface area contributed by atoms with Crippen molar-refractivity contribution in [2.75, 3.05) is 18.5 Å². The van der Waals surface area contributed by atoms with E-state index in [2.05, 4.69) is 29.4 Å². The van der Waals surface area contributed by atoms with Crippen LogP contribution in [0.5, 0.6) is 0 Å². The van der Waals surface area contributed by atoms with Gasteiger partial charge in [-0.3, -0.25) is 0 Å². The molecule has 0 aliphatic heterocycles. The first-order chi connectivity index (χ1) is 9.61. The minimum absolute atomic E-state index is 0.0798. The zero-order valence-electron chi connectivity index (χ0n) is 12.0. The van der Waals surface area contributed by atoms with Gasteiger partial charge in [-0.2, -0.15) is 0 Å². The first-order valence-corrected chi connectivity index (χ1v) is 7.90. The molecule has 0 atom stereocenters. The summed E-state index contributed by atoms with van der Waals surface area (Å²) in [5, 5.41) is 13.8. The Morgan fingerprint density at radius 3 is 2.75 bits per heavy atom. The highest BCUT2D eigenvalue weighted by Crippen LogP contribution is 2.31. The molecule has 110 valence electrons. The number of rotatable bonds is 6. The molecule has 3 rings (SSSR count). The van der Waals surface area contributed by atoms with Crippen LogP contribution >= 0.6 is 11.6 Å². The number of halogens is 1. The van der Waals surface area contributed by atoms with Crippen LogP contribution in [0.4, 0.5) is 5.69 Å². The first-order valence-electron chi connectivity index (χ1n) is 7.53. The van der Waals surface area contributed by atoms with Crippen molar-refractivity contribution in [1.29, 1.82) is 0 Å². The molecule has 2 fully saturated rings. The topological polar surface area (TPSA) is 35.5 Å². The summed E-state index contributed by atoms with van der Waals surface area (Å²) in [6.45, 7) is 1.91. The molecular formula is C16H23ClN2O. The van der Waals surface area contributed by atoms with Crippen LogP contribution in [0.15, 0.2) is 18.2 Å². The zero-order valence-corrected chi connectivity index (χ0v) is 12.7. The molecule has 0 unspecified atom stereocenters. The predicted molar refractivity (Wildman–Crippen MR) is 83.3 cm³/mol. The third-order valence-corrected chi connectivity index (χ3v) is 4.60. The van der Waals surface area contributed by atoms with E-state index >= 15 is 0 Å². The SMILES string of the molecule is CN(CC1CC(O)C1)c1cc(Cl)ccc1CNC1CC1. The highest BCUT2D eigenvalue weighted by Gasteiger charge is 2.28. The van der Waals surface area contributed by atoms with Crippen LogP contribution in [0, 0.1) is 5.92 Å². The number of benzene rings is 1. The highest BCUT2D eigenvalue weighted by atomic mass is 35.5. The first kappa shape index (κ1) is 14.2. The van der Waals surface area contributed by atoms with E-state index in [9.17, 15) is 5.11 Å². The second-order valence-electron chi connectivity index (χ2n) is 6.30. The molecule has 0 heterocycles. The van der Waals surface area contributed by atoms with Gasteiger partial charge in [0.2, 0.25) is 0 Å². The predicted octanol–water partition coefficient (Wildman–Crippen LogP) is 2.80. The number of anilines is 1. The summed E-state index contributed by atoms with van der Waals surface area (Å²) >= 11 is 6.16. The lowest BCUT2D eigenvalue weighted by Gasteiger charge is -2.36. The van der Waals surface area contributed by atoms with Crippen molar-refractivity contribution in [1.82, 2.24) is 5.32 Å². The van der Waals surface area contributed by atoms with E-state index in [0.717, 1.165) is 31.0 Å². The summed E-state index contributed by atoms with van der Waals surface area (Å²) in [6.07, 6.45) is 4.39. The Morgan fingerprint density at radius 1 is 1.35 bits per heavy atom. The van der Waals surface area contributed by atoms with Crippen molar-refractivity contribution < 1.29 is 5.11 Å². The fraction of sp³-hybridized carbons (Fsp3) is 0.625. The Balaban J connectivity index is 1.66. The monoisotopic (exact) mass is 294 g/mol. The van der Waals surface area contributed by atoms with Gasteiger partial charge in [0.15, 0.2) is 0 Å². The molecule has 2 aliphatic rings. The number of nitrogens with one attached hydrogen (secondary N) is 1. The van der Waals surface area contributed by atoms with Gasteiger partial charge in [-0.1, -0.05) is 17.7 Å². The number of aliphatic hydroxyl groups excluding tert-OH is 1. The van der Waals surface area contributed by atoms with Crippen molar-refractivity contribution in [3.8, 4) is 0 Å². The molecule has 4 heteroatoms. The van der Waals surface area contributed by atoms with Crippen LogP contribution in [0.25, 0.3) is 0 Å². The van der Waals surface area contributed by atoms with E-state index < -0.39 is 0 Å². The number of aliphatic hydroxyl groups is 1. The summed E-state index contributed by atoms with van der Waals surface area (Å²) in [4.78, 5) is 2.28. The Morgan fingerprint density at radius 2 is 2.10 bits per heavy atom. The third-order valence-electron chi connectivity index (χ3n) is 4.36. The molecular weight excluding hydrogens is 272 g/mol. The molecule has 2 aliphatic carbocycles. The Kier molecular flexibility index (Phi) is 4.20. The van der Waals surface area contributed by atoms with Crippen LogP contribution in [0.3, 0.4) is 0 Å². The Hall–Kier alpha value is -0.770. The van der Waals surface area contributed by atoms with Gasteiger partial charge in [0.1, 0.15) is 0 Å². The fourth-order valence-corrected chi connectivity index (χ4v) is 3.09. The maximum absolute atomic E-state index is 9.40. The van der Waals surface area contributed by atoms with E-state index in [1.54, 1.807) is 0 Å². The maximum atomic E-state index is 9.40. The average molecular weight is 295 g/mol. The van der Waals surface area contributed by atoms with E-state index in [4.69, 9.17) is 11.6 Å². The van der Waals surface area contributed by atoms with Gasteiger partial charge in [-0.15, -0.1) is 0 Å². The zero-order chi connectivity index (χ0) is 14.1. The van der Waals surface area contributed by atoms with E-state index in [1.807, 2.05) is 6.07 Å². The highest BCUT2D eigenvalue weighted by molar-refractivity contribution is 6.30. The van der Waals surface area contributed by atoms with Gasteiger partial charge in [0.05, 0.1) is 6.10 Å². The van der Waals surface area contributed by atoms with Gasteiger partial charge in [-0.25, -0.2) is 0 Å². The summed E-state index contributed by atoms with van der Waals surface area (Å²) < 4.78 is 0. The lowest BCUT2D eigenvalue weighted by Crippen LogP contribution is -2.37. The maximum Gasteiger partial charge on any atom is 0.0546 e. The van der Waals surface area contributed by atoms with Crippen molar-refractivity contribution >= 4 is 17.3 Å². The largest absolute Gasteiger partial charge is 0.393 e. The van der Waals surface area contributed by atoms with Crippen LogP contribution in [-0.4, -0.2) is 30.8 Å². The van der Waals surface area contributed by atoms with Gasteiger partial charge in [-0.05, 0) is 49.3 Å². The molecule has 20 heavy (non-hydrogen) atoms. The molecule has 0 amide bonds. The smallest absolute Gasteiger partial charge is 0.0546 e. The second kappa shape index (κ2) is 5.92. The number of hydrogen-bond acceptors (Lipinski definition) is 3. The van der Waals surface area contributed by atoms with Gasteiger partial charge in [0, 0.05) is 36.9 Å². The van der Waals surface area contributed by atoms with Crippen LogP contribution in [-0.2, 0) is 6.54 Å². The van der Waals surface area contributed by atoms with Crippen molar-refractivity contribution in [2.24, 2.45) is 5.92 Å². The van der Waals surface area contributed by atoms with Crippen molar-refractivity contribution in [3.63, 3.8) is 0 Å². The summed E-state index contributed by atoms with van der Waals surface area (Å²) in [6, 6.07) is 6.86. The van der Waals surface area contributed by atoms with E-state index in [-0.39, 0.29) is 6.10 Å².